The van der Waals surface area contributed by atoms with Crippen molar-refractivity contribution in [3.05, 3.63) is 28.8 Å². The summed E-state index contributed by atoms with van der Waals surface area (Å²) in [6.45, 7) is 0. The number of aryl methyl sites for hydroxylation is 2. The fourth-order valence-electron chi connectivity index (χ4n) is 2.14. The zero-order valence-corrected chi connectivity index (χ0v) is 9.55. The summed E-state index contributed by atoms with van der Waals surface area (Å²) in [6, 6.07) is 4.07. The van der Waals surface area contributed by atoms with Crippen molar-refractivity contribution in [3.63, 3.8) is 0 Å². The Balaban J connectivity index is 2.44. The van der Waals surface area contributed by atoms with Crippen molar-refractivity contribution < 1.29 is 9.84 Å². The summed E-state index contributed by atoms with van der Waals surface area (Å²) < 4.78 is 5.27. The monoisotopic (exact) mass is 226 g/mol. The molecule has 2 rings (SSSR count). The lowest BCUT2D eigenvalue weighted by atomic mass is 10.0. The SMILES string of the molecule is COc1cc2c(cc1[C@@H](O)CCl)CCC2. The van der Waals surface area contributed by atoms with Gasteiger partial charge in [-0.25, -0.2) is 0 Å². The van der Waals surface area contributed by atoms with Crippen molar-refractivity contribution in [1.82, 2.24) is 0 Å². The lowest BCUT2D eigenvalue weighted by Crippen LogP contribution is -2.03. The highest BCUT2D eigenvalue weighted by Crippen LogP contribution is 2.33. The van der Waals surface area contributed by atoms with E-state index in [1.807, 2.05) is 12.1 Å². The molecule has 0 fully saturated rings. The van der Waals surface area contributed by atoms with E-state index in [4.69, 9.17) is 16.3 Å². The molecule has 1 atom stereocenters. The maximum atomic E-state index is 9.76. The van der Waals surface area contributed by atoms with Gasteiger partial charge in [-0.15, -0.1) is 11.6 Å². The number of aliphatic hydroxyl groups excluding tert-OH is 1. The third-order valence-electron chi connectivity index (χ3n) is 2.95. The van der Waals surface area contributed by atoms with Crippen LogP contribution in [0, 0.1) is 0 Å². The summed E-state index contributed by atoms with van der Waals surface area (Å²) in [5, 5.41) is 9.76. The number of benzene rings is 1. The number of aliphatic hydroxyl groups is 1. The van der Waals surface area contributed by atoms with Crippen LogP contribution in [0.15, 0.2) is 12.1 Å². The minimum Gasteiger partial charge on any atom is -0.496 e. The summed E-state index contributed by atoms with van der Waals surface area (Å²) in [5.41, 5.74) is 3.49. The van der Waals surface area contributed by atoms with Gasteiger partial charge in [-0.05, 0) is 42.5 Å². The number of halogens is 1. The average molecular weight is 227 g/mol. The van der Waals surface area contributed by atoms with E-state index in [-0.39, 0.29) is 5.88 Å². The van der Waals surface area contributed by atoms with E-state index < -0.39 is 6.10 Å². The van der Waals surface area contributed by atoms with Crippen LogP contribution in [0.4, 0.5) is 0 Å². The largest absolute Gasteiger partial charge is 0.496 e. The Morgan fingerprint density at radius 2 is 2.07 bits per heavy atom. The number of alkyl halides is 1. The normalized spacial score (nSPS) is 16.2. The summed E-state index contributed by atoms with van der Waals surface area (Å²) in [5.74, 6) is 0.957. The first-order chi connectivity index (χ1) is 7.26. The molecule has 0 saturated heterocycles. The molecule has 0 aromatic heterocycles. The molecule has 0 spiro atoms. The van der Waals surface area contributed by atoms with Gasteiger partial charge in [0.25, 0.3) is 0 Å². The van der Waals surface area contributed by atoms with E-state index in [0.717, 1.165) is 24.2 Å². The Morgan fingerprint density at radius 1 is 1.40 bits per heavy atom. The molecule has 1 N–H and O–H groups in total. The minimum absolute atomic E-state index is 0.204. The number of methoxy groups -OCH3 is 1. The first kappa shape index (κ1) is 10.8. The minimum atomic E-state index is -0.632. The Hall–Kier alpha value is -0.730. The number of ether oxygens (including phenoxy) is 1. The zero-order chi connectivity index (χ0) is 10.8. The molecular weight excluding hydrogens is 212 g/mol. The molecule has 0 bridgehead atoms. The van der Waals surface area contributed by atoms with Gasteiger partial charge in [-0.2, -0.15) is 0 Å². The van der Waals surface area contributed by atoms with Gasteiger partial charge in [0.15, 0.2) is 0 Å². The summed E-state index contributed by atoms with van der Waals surface area (Å²) in [7, 11) is 1.63. The Labute approximate surface area is 94.8 Å². The summed E-state index contributed by atoms with van der Waals surface area (Å²) >= 11 is 5.66. The highest BCUT2D eigenvalue weighted by atomic mass is 35.5. The van der Waals surface area contributed by atoms with E-state index in [1.165, 1.54) is 17.5 Å². The van der Waals surface area contributed by atoms with Gasteiger partial charge >= 0.3 is 0 Å². The smallest absolute Gasteiger partial charge is 0.124 e. The molecule has 0 amide bonds. The fourth-order valence-corrected chi connectivity index (χ4v) is 2.31. The van der Waals surface area contributed by atoms with Crippen molar-refractivity contribution in [3.8, 4) is 5.75 Å². The molecular formula is C12H15ClO2. The average Bonchev–Trinajstić information content (AvgIpc) is 2.73. The van der Waals surface area contributed by atoms with E-state index in [9.17, 15) is 5.11 Å². The zero-order valence-electron chi connectivity index (χ0n) is 8.79. The topological polar surface area (TPSA) is 29.5 Å². The van der Waals surface area contributed by atoms with Crippen LogP contribution in [0.2, 0.25) is 0 Å². The van der Waals surface area contributed by atoms with Gasteiger partial charge in [-0.3, -0.25) is 0 Å². The van der Waals surface area contributed by atoms with Crippen LogP contribution in [0.5, 0.6) is 5.75 Å². The number of hydrogen-bond acceptors (Lipinski definition) is 2. The van der Waals surface area contributed by atoms with Gasteiger partial charge in [0.2, 0.25) is 0 Å². The molecule has 1 aliphatic carbocycles. The fraction of sp³-hybridized carbons (Fsp3) is 0.500. The molecule has 0 radical (unpaired) electrons. The quantitative estimate of drug-likeness (QED) is 0.803. The molecule has 0 unspecified atom stereocenters. The van der Waals surface area contributed by atoms with Crippen molar-refractivity contribution in [2.75, 3.05) is 13.0 Å². The summed E-state index contributed by atoms with van der Waals surface area (Å²) in [4.78, 5) is 0. The molecule has 0 saturated carbocycles. The van der Waals surface area contributed by atoms with Gasteiger partial charge < -0.3 is 9.84 Å². The van der Waals surface area contributed by atoms with E-state index >= 15 is 0 Å². The van der Waals surface area contributed by atoms with Crippen molar-refractivity contribution in [2.24, 2.45) is 0 Å². The maximum Gasteiger partial charge on any atom is 0.124 e. The van der Waals surface area contributed by atoms with E-state index in [0.29, 0.717) is 0 Å². The number of rotatable bonds is 3. The van der Waals surface area contributed by atoms with Crippen LogP contribution in [0.25, 0.3) is 0 Å². The van der Waals surface area contributed by atoms with Crippen LogP contribution in [-0.2, 0) is 12.8 Å². The van der Waals surface area contributed by atoms with Crippen LogP contribution < -0.4 is 4.74 Å². The van der Waals surface area contributed by atoms with Crippen LogP contribution >= 0.6 is 11.6 Å². The maximum absolute atomic E-state index is 9.76. The van der Waals surface area contributed by atoms with Crippen molar-refractivity contribution in [2.45, 2.75) is 25.4 Å². The van der Waals surface area contributed by atoms with Gasteiger partial charge in [0, 0.05) is 5.56 Å². The van der Waals surface area contributed by atoms with Gasteiger partial charge in [0.05, 0.1) is 19.1 Å². The standard InChI is InChI=1S/C12H15ClO2/c1-15-12-6-9-4-2-3-8(9)5-10(12)11(14)7-13/h5-6,11,14H,2-4,7H2,1H3/t11-/m0/s1. The third kappa shape index (κ3) is 1.97. The molecule has 3 heteroatoms. The Morgan fingerprint density at radius 3 is 2.67 bits per heavy atom. The highest BCUT2D eigenvalue weighted by molar-refractivity contribution is 6.18. The second-order valence-corrected chi connectivity index (χ2v) is 4.20. The van der Waals surface area contributed by atoms with Crippen molar-refractivity contribution >= 4 is 11.6 Å². The lowest BCUT2D eigenvalue weighted by molar-refractivity contribution is 0.197. The first-order valence-corrected chi connectivity index (χ1v) is 5.73. The molecule has 1 aromatic rings. The number of fused-ring (bicyclic) bond motifs is 1. The Bertz CT molecular complexity index is 363. The van der Waals surface area contributed by atoms with E-state index in [2.05, 4.69) is 0 Å². The molecule has 1 aliphatic rings. The molecule has 15 heavy (non-hydrogen) atoms. The van der Waals surface area contributed by atoms with Crippen LogP contribution in [-0.4, -0.2) is 18.1 Å². The third-order valence-corrected chi connectivity index (χ3v) is 3.24. The molecule has 82 valence electrons. The predicted molar refractivity (Wildman–Crippen MR) is 60.7 cm³/mol. The van der Waals surface area contributed by atoms with E-state index in [1.54, 1.807) is 7.11 Å². The second kappa shape index (κ2) is 4.42. The molecule has 0 aliphatic heterocycles. The second-order valence-electron chi connectivity index (χ2n) is 3.89. The van der Waals surface area contributed by atoms with Crippen LogP contribution in [0.1, 0.15) is 29.2 Å². The lowest BCUT2D eigenvalue weighted by Gasteiger charge is -2.14. The predicted octanol–water partition coefficient (Wildman–Crippen LogP) is 2.46. The van der Waals surface area contributed by atoms with Crippen molar-refractivity contribution in [1.29, 1.82) is 0 Å². The molecule has 2 nitrogen and oxygen atoms in total. The summed E-state index contributed by atoms with van der Waals surface area (Å²) in [6.07, 6.45) is 2.77. The highest BCUT2D eigenvalue weighted by Gasteiger charge is 2.18. The molecule has 1 aromatic carbocycles. The Kier molecular flexibility index (Phi) is 3.17. The van der Waals surface area contributed by atoms with Crippen LogP contribution in [0.3, 0.4) is 0 Å². The molecule has 0 heterocycles. The first-order valence-electron chi connectivity index (χ1n) is 5.20. The van der Waals surface area contributed by atoms with Gasteiger partial charge in [-0.1, -0.05) is 0 Å². The van der Waals surface area contributed by atoms with Gasteiger partial charge in [0.1, 0.15) is 5.75 Å². The number of hydrogen-bond donors (Lipinski definition) is 1.